The molecule has 0 fully saturated rings. The molecule has 0 heterocycles. The predicted octanol–water partition coefficient (Wildman–Crippen LogP) is 10.8. The highest BCUT2D eigenvalue weighted by Crippen LogP contribution is 2.13. The summed E-state index contributed by atoms with van der Waals surface area (Å²) in [6.07, 6.45) is 35.6. The topological polar surface area (TPSA) is 9.23 Å². The van der Waals surface area contributed by atoms with E-state index in [0.29, 0.717) is 0 Å². The Morgan fingerprint density at radius 3 is 0.700 bits per heavy atom. The second kappa shape index (κ2) is 29.0. The van der Waals surface area contributed by atoms with Crippen molar-refractivity contribution in [1.29, 1.82) is 0 Å². The zero-order valence-electron chi connectivity index (χ0n) is 21.5. The molecule has 0 aliphatic carbocycles. The fourth-order valence-electron chi connectivity index (χ4n) is 4.37. The largest absolute Gasteiger partial charge is 0.381 e. The van der Waals surface area contributed by atoms with Crippen LogP contribution < -0.4 is 0 Å². The van der Waals surface area contributed by atoms with Gasteiger partial charge in [-0.3, -0.25) is 0 Å². The summed E-state index contributed by atoms with van der Waals surface area (Å²) in [4.78, 5) is 0. The van der Waals surface area contributed by atoms with E-state index < -0.39 is 0 Å². The molecule has 0 rings (SSSR count). The normalized spacial score (nSPS) is 11.4. The molecule has 0 aromatic heterocycles. The number of hydrogen-bond acceptors (Lipinski definition) is 1. The second-order valence-electron chi connectivity index (χ2n) is 9.74. The van der Waals surface area contributed by atoms with Crippen LogP contribution in [0.1, 0.15) is 174 Å². The summed E-state index contributed by atoms with van der Waals surface area (Å²) in [5.74, 6) is 0. The zero-order chi connectivity index (χ0) is 21.8. The highest BCUT2D eigenvalue weighted by molar-refractivity contribution is 4.50. The van der Waals surface area contributed by atoms with Gasteiger partial charge in [0, 0.05) is 13.2 Å². The van der Waals surface area contributed by atoms with Crippen LogP contribution in [0, 0.1) is 0 Å². The van der Waals surface area contributed by atoms with E-state index in [0.717, 1.165) is 13.2 Å². The summed E-state index contributed by atoms with van der Waals surface area (Å²) in [6, 6.07) is 0. The molecule has 1 heteroatoms. The Morgan fingerprint density at radius 1 is 0.267 bits per heavy atom. The first-order chi connectivity index (χ1) is 14.9. The SMILES string of the molecule is CCCCCCCCCCCCCCCCOCCCCCCCCCCCCC. The van der Waals surface area contributed by atoms with Crippen molar-refractivity contribution in [2.75, 3.05) is 13.2 Å². The summed E-state index contributed by atoms with van der Waals surface area (Å²) in [7, 11) is 0. The number of rotatable bonds is 27. The van der Waals surface area contributed by atoms with E-state index in [4.69, 9.17) is 4.74 Å². The summed E-state index contributed by atoms with van der Waals surface area (Å²) in [5, 5.41) is 0. The maximum Gasteiger partial charge on any atom is 0.0466 e. The predicted molar refractivity (Wildman–Crippen MR) is 138 cm³/mol. The van der Waals surface area contributed by atoms with Gasteiger partial charge in [0.15, 0.2) is 0 Å². The average Bonchev–Trinajstić information content (AvgIpc) is 2.76. The van der Waals surface area contributed by atoms with Crippen molar-refractivity contribution in [3.8, 4) is 0 Å². The highest BCUT2D eigenvalue weighted by atomic mass is 16.5. The minimum atomic E-state index is 0.995. The van der Waals surface area contributed by atoms with Crippen LogP contribution in [-0.4, -0.2) is 13.2 Å². The summed E-state index contributed by atoms with van der Waals surface area (Å²) < 4.78 is 5.82. The van der Waals surface area contributed by atoms with Gasteiger partial charge < -0.3 is 4.74 Å². The molecule has 0 saturated heterocycles. The summed E-state index contributed by atoms with van der Waals surface area (Å²) >= 11 is 0. The van der Waals surface area contributed by atoms with Crippen LogP contribution in [0.5, 0.6) is 0 Å². The molecule has 0 bridgehead atoms. The van der Waals surface area contributed by atoms with Crippen molar-refractivity contribution < 1.29 is 4.74 Å². The third-order valence-corrected chi connectivity index (χ3v) is 6.53. The molecule has 0 radical (unpaired) electrons. The van der Waals surface area contributed by atoms with Gasteiger partial charge in [-0.2, -0.15) is 0 Å². The van der Waals surface area contributed by atoms with Crippen LogP contribution >= 0.6 is 0 Å². The van der Waals surface area contributed by atoms with Gasteiger partial charge in [0.2, 0.25) is 0 Å². The van der Waals surface area contributed by atoms with Crippen LogP contribution in [-0.2, 0) is 4.74 Å². The van der Waals surface area contributed by atoms with Crippen LogP contribution in [0.4, 0.5) is 0 Å². The molecule has 0 unspecified atom stereocenters. The highest BCUT2D eigenvalue weighted by Gasteiger charge is 1.96. The fraction of sp³-hybridized carbons (Fsp3) is 1.00. The Morgan fingerprint density at radius 2 is 0.467 bits per heavy atom. The molecule has 0 spiro atoms. The van der Waals surface area contributed by atoms with Gasteiger partial charge in [-0.05, 0) is 12.8 Å². The lowest BCUT2D eigenvalue weighted by Gasteiger charge is -2.05. The maximum absolute atomic E-state index is 5.82. The van der Waals surface area contributed by atoms with Crippen molar-refractivity contribution in [2.24, 2.45) is 0 Å². The van der Waals surface area contributed by atoms with Gasteiger partial charge in [-0.15, -0.1) is 0 Å². The molecule has 0 atom stereocenters. The molecule has 30 heavy (non-hydrogen) atoms. The van der Waals surface area contributed by atoms with Gasteiger partial charge in [-0.1, -0.05) is 162 Å². The van der Waals surface area contributed by atoms with E-state index in [-0.39, 0.29) is 0 Å². The molecular formula is C29H60O. The van der Waals surface area contributed by atoms with E-state index >= 15 is 0 Å². The van der Waals surface area contributed by atoms with Crippen LogP contribution in [0.3, 0.4) is 0 Å². The molecule has 0 amide bonds. The van der Waals surface area contributed by atoms with Crippen molar-refractivity contribution in [1.82, 2.24) is 0 Å². The van der Waals surface area contributed by atoms with Crippen molar-refractivity contribution in [3.05, 3.63) is 0 Å². The Kier molecular flexibility index (Phi) is 28.9. The van der Waals surface area contributed by atoms with Gasteiger partial charge in [0.25, 0.3) is 0 Å². The van der Waals surface area contributed by atoms with E-state index in [1.54, 1.807) is 0 Å². The first-order valence-corrected chi connectivity index (χ1v) is 14.5. The second-order valence-corrected chi connectivity index (χ2v) is 9.74. The molecule has 0 saturated carbocycles. The Labute approximate surface area is 192 Å². The molecule has 0 N–H and O–H groups in total. The van der Waals surface area contributed by atoms with E-state index in [1.807, 2.05) is 0 Å². The monoisotopic (exact) mass is 424 g/mol. The molecule has 182 valence electrons. The lowest BCUT2D eigenvalue weighted by Crippen LogP contribution is -1.97. The Balaban J connectivity index is 2.97. The van der Waals surface area contributed by atoms with Gasteiger partial charge >= 0.3 is 0 Å². The average molecular weight is 425 g/mol. The summed E-state index contributed by atoms with van der Waals surface area (Å²) in [6.45, 7) is 6.59. The third kappa shape index (κ3) is 28.0. The first-order valence-electron chi connectivity index (χ1n) is 14.5. The minimum Gasteiger partial charge on any atom is -0.381 e. The Bertz CT molecular complexity index is 248. The van der Waals surface area contributed by atoms with E-state index in [9.17, 15) is 0 Å². The number of unbranched alkanes of at least 4 members (excludes halogenated alkanes) is 23. The van der Waals surface area contributed by atoms with Crippen LogP contribution in [0.15, 0.2) is 0 Å². The van der Waals surface area contributed by atoms with Crippen molar-refractivity contribution >= 4 is 0 Å². The first kappa shape index (κ1) is 30.0. The molecule has 0 aliphatic heterocycles. The fourth-order valence-corrected chi connectivity index (χ4v) is 4.37. The van der Waals surface area contributed by atoms with Gasteiger partial charge in [0.05, 0.1) is 0 Å². The van der Waals surface area contributed by atoms with Gasteiger partial charge in [0.1, 0.15) is 0 Å². The Hall–Kier alpha value is -0.0400. The van der Waals surface area contributed by atoms with Crippen LogP contribution in [0.25, 0.3) is 0 Å². The standard InChI is InChI=1S/C29H60O/c1-3-5-7-9-11-13-15-16-17-19-21-23-25-27-29-30-28-26-24-22-20-18-14-12-10-8-6-4-2/h3-29H2,1-2H3. The smallest absolute Gasteiger partial charge is 0.0466 e. The molecule has 0 aliphatic rings. The number of hydrogen-bond donors (Lipinski definition) is 0. The van der Waals surface area contributed by atoms with Gasteiger partial charge in [-0.25, -0.2) is 0 Å². The molecule has 0 aromatic rings. The molecule has 0 aromatic carbocycles. The molecule has 1 nitrogen and oxygen atoms in total. The van der Waals surface area contributed by atoms with Crippen molar-refractivity contribution in [3.63, 3.8) is 0 Å². The number of ether oxygens (including phenoxy) is 1. The molecular weight excluding hydrogens is 364 g/mol. The van der Waals surface area contributed by atoms with Crippen LogP contribution in [0.2, 0.25) is 0 Å². The van der Waals surface area contributed by atoms with E-state index in [1.165, 1.54) is 161 Å². The lowest BCUT2D eigenvalue weighted by atomic mass is 10.0. The quantitative estimate of drug-likeness (QED) is 0.119. The minimum absolute atomic E-state index is 0.995. The maximum atomic E-state index is 5.82. The van der Waals surface area contributed by atoms with Crippen molar-refractivity contribution in [2.45, 2.75) is 174 Å². The van der Waals surface area contributed by atoms with E-state index in [2.05, 4.69) is 13.8 Å². The third-order valence-electron chi connectivity index (χ3n) is 6.53. The lowest BCUT2D eigenvalue weighted by molar-refractivity contribution is 0.125. The summed E-state index contributed by atoms with van der Waals surface area (Å²) in [5.41, 5.74) is 0. The zero-order valence-corrected chi connectivity index (χ0v) is 21.5.